The third-order valence-electron chi connectivity index (χ3n) is 6.62. The molecule has 1 unspecified atom stereocenters. The van der Waals surface area contributed by atoms with E-state index in [1.54, 1.807) is 12.1 Å². The van der Waals surface area contributed by atoms with Gasteiger partial charge in [0.2, 0.25) is 10.0 Å². The Morgan fingerprint density at radius 2 is 1.54 bits per heavy atom. The zero-order valence-corrected chi connectivity index (χ0v) is 22.0. The van der Waals surface area contributed by atoms with E-state index in [0.717, 1.165) is 29.1 Å². The molecule has 1 atom stereocenters. The van der Waals surface area contributed by atoms with E-state index in [9.17, 15) is 17.2 Å². The van der Waals surface area contributed by atoms with Crippen LogP contribution in [-0.4, -0.2) is 67.2 Å². The monoisotopic (exact) mass is 530 g/mol. The fourth-order valence-corrected chi connectivity index (χ4v) is 5.74. The molecule has 7 nitrogen and oxygen atoms in total. The van der Waals surface area contributed by atoms with Gasteiger partial charge >= 0.3 is 0 Å². The Labute approximate surface area is 217 Å². The van der Waals surface area contributed by atoms with Crippen LogP contribution >= 0.6 is 0 Å². The molecule has 10 heteroatoms. The van der Waals surface area contributed by atoms with Gasteiger partial charge in [0.05, 0.1) is 7.11 Å². The van der Waals surface area contributed by atoms with Crippen molar-refractivity contribution < 1.29 is 21.9 Å². The highest BCUT2D eigenvalue weighted by Crippen LogP contribution is 2.28. The first-order chi connectivity index (χ1) is 17.7. The van der Waals surface area contributed by atoms with E-state index in [4.69, 9.17) is 4.74 Å². The lowest BCUT2D eigenvalue weighted by Crippen LogP contribution is -2.50. The number of nitrogens with one attached hydrogen (secondary N) is 1. The summed E-state index contributed by atoms with van der Waals surface area (Å²) >= 11 is 0. The molecule has 1 aliphatic heterocycles. The summed E-state index contributed by atoms with van der Waals surface area (Å²) in [5.74, 6) is -0.853. The molecule has 1 N–H and O–H groups in total. The Kier molecular flexibility index (Phi) is 8.31. The fraction of sp³-hybridized carbons (Fsp3) is 0.333. The van der Waals surface area contributed by atoms with Gasteiger partial charge < -0.3 is 14.5 Å². The zero-order valence-electron chi connectivity index (χ0n) is 21.2. The summed E-state index contributed by atoms with van der Waals surface area (Å²) in [4.78, 5) is 6.18. The van der Waals surface area contributed by atoms with Crippen molar-refractivity contribution >= 4 is 21.4 Å². The van der Waals surface area contributed by atoms with E-state index in [0.29, 0.717) is 26.2 Å². The molecule has 0 aromatic heterocycles. The van der Waals surface area contributed by atoms with Gasteiger partial charge in [-0.05, 0) is 60.2 Å². The van der Waals surface area contributed by atoms with Gasteiger partial charge in [-0.25, -0.2) is 21.9 Å². The van der Waals surface area contributed by atoms with Gasteiger partial charge in [-0.1, -0.05) is 12.1 Å². The number of anilines is 2. The summed E-state index contributed by atoms with van der Waals surface area (Å²) in [6.07, 6.45) is 0. The van der Waals surface area contributed by atoms with Crippen LogP contribution in [0, 0.1) is 11.6 Å². The molecule has 3 aromatic carbocycles. The molecule has 0 bridgehead atoms. The lowest BCUT2D eigenvalue weighted by atomic mass is 10.0. The maximum atomic E-state index is 13.9. The second-order valence-corrected chi connectivity index (χ2v) is 10.9. The molecular weight excluding hydrogens is 498 g/mol. The summed E-state index contributed by atoms with van der Waals surface area (Å²) in [7, 11) is 1.23. The summed E-state index contributed by atoms with van der Waals surface area (Å²) in [6.45, 7) is 2.88. The number of methoxy groups -OCH3 is 1. The molecule has 0 amide bonds. The second-order valence-electron chi connectivity index (χ2n) is 9.15. The number of halogens is 2. The quantitative estimate of drug-likeness (QED) is 0.453. The van der Waals surface area contributed by atoms with Gasteiger partial charge in [-0.2, -0.15) is 0 Å². The van der Waals surface area contributed by atoms with Gasteiger partial charge in [0.25, 0.3) is 0 Å². The van der Waals surface area contributed by atoms with Crippen LogP contribution in [0.3, 0.4) is 0 Å². The topological polar surface area (TPSA) is 65.1 Å². The maximum absolute atomic E-state index is 13.9. The van der Waals surface area contributed by atoms with Crippen molar-refractivity contribution in [2.24, 2.45) is 0 Å². The van der Waals surface area contributed by atoms with Crippen LogP contribution in [0.25, 0.3) is 0 Å². The predicted octanol–water partition coefficient (Wildman–Crippen LogP) is 3.88. The van der Waals surface area contributed by atoms with Crippen LogP contribution in [-0.2, 0) is 10.0 Å². The van der Waals surface area contributed by atoms with Crippen molar-refractivity contribution in [3.05, 3.63) is 83.9 Å². The van der Waals surface area contributed by atoms with Crippen LogP contribution < -0.4 is 19.3 Å². The normalized spacial score (nSPS) is 15.4. The molecule has 1 fully saturated rings. The lowest BCUT2D eigenvalue weighted by Gasteiger charge is -2.40. The number of nitrogens with zero attached hydrogens (tertiary/aromatic N) is 3. The van der Waals surface area contributed by atoms with Crippen molar-refractivity contribution in [3.8, 4) is 5.75 Å². The van der Waals surface area contributed by atoms with Crippen LogP contribution in [0.2, 0.25) is 0 Å². The Morgan fingerprint density at radius 3 is 2.14 bits per heavy atom. The number of hydrogen-bond acceptors (Lipinski definition) is 6. The minimum absolute atomic E-state index is 0.0775. The highest BCUT2D eigenvalue weighted by atomic mass is 32.2. The van der Waals surface area contributed by atoms with E-state index in [-0.39, 0.29) is 29.0 Å². The highest BCUT2D eigenvalue weighted by molar-refractivity contribution is 7.89. The molecule has 1 heterocycles. The van der Waals surface area contributed by atoms with E-state index < -0.39 is 15.8 Å². The number of rotatable bonds is 9. The molecule has 0 saturated carbocycles. The SMILES string of the molecule is COc1ccc(F)cc1S(=O)(=O)NCC(c1ccc(N(C)C)cc1)N1CCN(c2ccc(F)cc2)CC1. The minimum atomic E-state index is -4.04. The van der Waals surface area contributed by atoms with Crippen LogP contribution in [0.1, 0.15) is 11.6 Å². The molecule has 3 aromatic rings. The Hall–Kier alpha value is -3.21. The average molecular weight is 531 g/mol. The molecular formula is C27H32F2N4O3S. The van der Waals surface area contributed by atoms with Gasteiger partial charge in [-0.15, -0.1) is 0 Å². The smallest absolute Gasteiger partial charge is 0.244 e. The summed E-state index contributed by atoms with van der Waals surface area (Å²) in [5, 5.41) is 0. The van der Waals surface area contributed by atoms with Crippen LogP contribution in [0.15, 0.2) is 71.6 Å². The van der Waals surface area contributed by atoms with Crippen molar-refractivity contribution in [1.29, 1.82) is 0 Å². The summed E-state index contributed by atoms with van der Waals surface area (Å²) in [5.41, 5.74) is 2.95. The molecule has 0 aliphatic carbocycles. The molecule has 1 aliphatic rings. The minimum Gasteiger partial charge on any atom is -0.495 e. The van der Waals surface area contributed by atoms with Gasteiger partial charge in [0.1, 0.15) is 22.3 Å². The molecule has 4 rings (SSSR count). The predicted molar refractivity (Wildman–Crippen MR) is 142 cm³/mol. The first-order valence-corrected chi connectivity index (χ1v) is 13.5. The number of sulfonamides is 1. The van der Waals surface area contributed by atoms with Gasteiger partial charge in [0.15, 0.2) is 0 Å². The second kappa shape index (κ2) is 11.5. The number of hydrogen-bond donors (Lipinski definition) is 1. The Morgan fingerprint density at radius 1 is 0.919 bits per heavy atom. The first kappa shape index (κ1) is 26.8. The summed E-state index contributed by atoms with van der Waals surface area (Å²) in [6, 6.07) is 17.6. The summed E-state index contributed by atoms with van der Waals surface area (Å²) < 4.78 is 61.4. The maximum Gasteiger partial charge on any atom is 0.244 e. The number of ether oxygens (including phenoxy) is 1. The molecule has 0 spiro atoms. The third-order valence-corrected chi connectivity index (χ3v) is 8.07. The largest absolute Gasteiger partial charge is 0.495 e. The van der Waals surface area contributed by atoms with E-state index in [2.05, 4.69) is 14.5 Å². The van der Waals surface area contributed by atoms with Crippen molar-refractivity contribution in [1.82, 2.24) is 9.62 Å². The Bertz CT molecular complexity index is 1290. The van der Waals surface area contributed by atoms with Crippen molar-refractivity contribution in [2.45, 2.75) is 10.9 Å². The van der Waals surface area contributed by atoms with Crippen molar-refractivity contribution in [3.63, 3.8) is 0 Å². The van der Waals surface area contributed by atoms with Crippen LogP contribution in [0.4, 0.5) is 20.2 Å². The number of benzene rings is 3. The fourth-order valence-electron chi connectivity index (χ4n) is 4.52. The van der Waals surface area contributed by atoms with Crippen molar-refractivity contribution in [2.75, 3.05) is 63.7 Å². The van der Waals surface area contributed by atoms with E-state index in [1.807, 2.05) is 43.3 Å². The van der Waals surface area contributed by atoms with Gasteiger partial charge in [0, 0.05) is 64.2 Å². The van der Waals surface area contributed by atoms with Crippen LogP contribution in [0.5, 0.6) is 5.75 Å². The zero-order chi connectivity index (χ0) is 26.6. The molecule has 198 valence electrons. The number of piperazine rings is 1. The van der Waals surface area contributed by atoms with E-state index >= 15 is 0 Å². The molecule has 1 saturated heterocycles. The molecule has 37 heavy (non-hydrogen) atoms. The molecule has 0 radical (unpaired) electrons. The van der Waals surface area contributed by atoms with E-state index in [1.165, 1.54) is 25.3 Å². The highest BCUT2D eigenvalue weighted by Gasteiger charge is 2.28. The average Bonchev–Trinajstić information content (AvgIpc) is 2.90. The third kappa shape index (κ3) is 6.38. The first-order valence-electron chi connectivity index (χ1n) is 12.0. The standard InChI is InChI=1S/C27H32F2N4O3S/c1-31(2)23-9-4-20(5-10-23)25(19-30-37(34,35)27-18-22(29)8-13-26(27)36-3)33-16-14-32(15-17-33)24-11-6-21(28)7-12-24/h4-13,18,25,30H,14-17,19H2,1-3H3. The van der Waals surface area contributed by atoms with Gasteiger partial charge in [-0.3, -0.25) is 4.90 Å². The Balaban J connectivity index is 1.55. The lowest BCUT2D eigenvalue weighted by molar-refractivity contribution is 0.187.